The van der Waals surface area contributed by atoms with Gasteiger partial charge in [0.25, 0.3) is 5.91 Å². The Morgan fingerprint density at radius 2 is 1.71 bits per heavy atom. The van der Waals surface area contributed by atoms with Crippen LogP contribution >= 0.6 is 0 Å². The molecular weight excluding hydrogens is 559 g/mol. The number of halogens is 5. The van der Waals surface area contributed by atoms with Crippen LogP contribution < -0.4 is 14.5 Å². The second-order valence-electron chi connectivity index (χ2n) is 11.4. The molecule has 3 saturated heterocycles. The zero-order chi connectivity index (χ0) is 29.6. The first kappa shape index (κ1) is 28.6. The van der Waals surface area contributed by atoms with Gasteiger partial charge in [-0.05, 0) is 57.3 Å². The highest BCUT2D eigenvalue weighted by Crippen LogP contribution is 2.42. The van der Waals surface area contributed by atoms with E-state index in [-0.39, 0.29) is 43.4 Å². The number of nitrogens with zero attached hydrogens (tertiary/aromatic N) is 6. The van der Waals surface area contributed by atoms with Crippen LogP contribution in [0.3, 0.4) is 0 Å². The van der Waals surface area contributed by atoms with Gasteiger partial charge in [0, 0.05) is 38.3 Å². The molecule has 0 bridgehead atoms. The predicted octanol–water partition coefficient (Wildman–Crippen LogP) is 4.34. The summed E-state index contributed by atoms with van der Waals surface area (Å²) in [7, 11) is 0. The van der Waals surface area contributed by atoms with Crippen molar-refractivity contribution in [1.82, 2.24) is 19.8 Å². The lowest BCUT2D eigenvalue weighted by atomic mass is 9.95. The number of piperazine rings is 1. The minimum atomic E-state index is -4.86. The van der Waals surface area contributed by atoms with E-state index in [2.05, 4.69) is 16.5 Å². The molecule has 226 valence electrons. The topological polar surface area (TPSA) is 65.0 Å². The molecule has 0 aliphatic carbocycles. The number of rotatable bonds is 6. The summed E-state index contributed by atoms with van der Waals surface area (Å²) in [6.07, 6.45) is -0.294. The number of alkyl halides is 3. The second kappa shape index (κ2) is 11.0. The zero-order valence-electron chi connectivity index (χ0n) is 23.2. The number of carbonyl (C=O) groups excluding carboxylic acids is 1. The molecule has 1 amide bonds. The molecule has 4 aliphatic rings. The monoisotopic (exact) mass is 592 g/mol. The Bertz CT molecular complexity index is 1370. The molecule has 5 heterocycles. The van der Waals surface area contributed by atoms with E-state index in [1.165, 1.54) is 21.9 Å². The van der Waals surface area contributed by atoms with Crippen molar-refractivity contribution in [3.05, 3.63) is 53.2 Å². The van der Waals surface area contributed by atoms with Crippen molar-refractivity contribution in [1.29, 1.82) is 0 Å². The Morgan fingerprint density at radius 3 is 2.38 bits per heavy atom. The van der Waals surface area contributed by atoms with E-state index >= 15 is 0 Å². The van der Waals surface area contributed by atoms with Crippen molar-refractivity contribution < 1.29 is 31.5 Å². The van der Waals surface area contributed by atoms with E-state index in [0.29, 0.717) is 37.6 Å². The maximum Gasteiger partial charge on any atom is 0.421 e. The number of ether oxygens (including phenoxy) is 1. The highest BCUT2D eigenvalue weighted by Gasteiger charge is 2.45. The van der Waals surface area contributed by atoms with Crippen LogP contribution in [-0.4, -0.2) is 83.6 Å². The minimum Gasteiger partial charge on any atom is -0.461 e. The van der Waals surface area contributed by atoms with Crippen molar-refractivity contribution >= 4 is 17.4 Å². The largest absolute Gasteiger partial charge is 0.461 e. The van der Waals surface area contributed by atoms with Crippen molar-refractivity contribution in [2.45, 2.75) is 50.4 Å². The van der Waals surface area contributed by atoms with Crippen molar-refractivity contribution in [2.24, 2.45) is 0 Å². The Balaban J connectivity index is 1.31. The zero-order valence-corrected chi connectivity index (χ0v) is 23.2. The van der Waals surface area contributed by atoms with E-state index in [4.69, 9.17) is 9.72 Å². The van der Waals surface area contributed by atoms with Crippen molar-refractivity contribution in [2.75, 3.05) is 62.2 Å². The molecule has 0 atom stereocenters. The lowest BCUT2D eigenvalue weighted by molar-refractivity contribution is -0.139. The number of benzene rings is 1. The average Bonchev–Trinajstić information content (AvgIpc) is 3.55. The maximum atomic E-state index is 14.4. The minimum absolute atomic E-state index is 0.0190. The van der Waals surface area contributed by atoms with Crippen LogP contribution in [0, 0.1) is 5.82 Å². The molecule has 3 fully saturated rings. The summed E-state index contributed by atoms with van der Waals surface area (Å²) >= 11 is 0. The highest BCUT2D eigenvalue weighted by molar-refractivity contribution is 5.90. The number of amides is 1. The molecule has 2 aromatic rings. The molecule has 13 heteroatoms. The van der Waals surface area contributed by atoms with Crippen LogP contribution in [0.5, 0.6) is 6.01 Å². The van der Waals surface area contributed by atoms with Gasteiger partial charge in [-0.1, -0.05) is 12.6 Å². The van der Waals surface area contributed by atoms with E-state index in [9.17, 15) is 26.7 Å². The van der Waals surface area contributed by atoms with Gasteiger partial charge in [-0.25, -0.2) is 8.78 Å². The van der Waals surface area contributed by atoms with Crippen molar-refractivity contribution in [3.8, 4) is 6.01 Å². The summed E-state index contributed by atoms with van der Waals surface area (Å²) in [5.41, 5.74) is -0.298. The maximum absolute atomic E-state index is 14.4. The fourth-order valence-corrected chi connectivity index (χ4v) is 6.93. The first-order valence-corrected chi connectivity index (χ1v) is 14.3. The SMILES string of the molecule is C=C(F)C(=O)N1CCN(c2nc(OCC34CCCN3CCC4)nc3c2CCN(c2cccc(F)c2C(F)(F)F)C3)CC1. The van der Waals surface area contributed by atoms with Gasteiger partial charge >= 0.3 is 12.2 Å². The van der Waals surface area contributed by atoms with Gasteiger partial charge in [-0.15, -0.1) is 0 Å². The highest BCUT2D eigenvalue weighted by atomic mass is 19.4. The van der Waals surface area contributed by atoms with Gasteiger partial charge in [-0.2, -0.15) is 23.1 Å². The number of fused-ring (bicyclic) bond motifs is 2. The number of aromatic nitrogens is 2. The third-order valence-electron chi connectivity index (χ3n) is 9.02. The number of anilines is 2. The summed E-state index contributed by atoms with van der Waals surface area (Å²) < 4.78 is 75.6. The molecule has 0 unspecified atom stereocenters. The summed E-state index contributed by atoms with van der Waals surface area (Å²) in [5, 5.41) is 0. The van der Waals surface area contributed by atoms with Crippen LogP contribution in [0.1, 0.15) is 42.5 Å². The molecule has 42 heavy (non-hydrogen) atoms. The normalized spacial score (nSPS) is 20.5. The molecule has 1 aromatic heterocycles. The number of hydrogen-bond donors (Lipinski definition) is 0. The first-order valence-electron chi connectivity index (χ1n) is 14.3. The van der Waals surface area contributed by atoms with Gasteiger partial charge in [0.1, 0.15) is 23.8 Å². The Hall–Kier alpha value is -3.48. The summed E-state index contributed by atoms with van der Waals surface area (Å²) in [4.78, 5) is 28.9. The van der Waals surface area contributed by atoms with E-state index < -0.39 is 29.3 Å². The third kappa shape index (κ3) is 5.27. The Labute approximate surface area is 240 Å². The summed E-state index contributed by atoms with van der Waals surface area (Å²) in [6.45, 7) is 7.08. The predicted molar refractivity (Wildman–Crippen MR) is 145 cm³/mol. The van der Waals surface area contributed by atoms with E-state index in [1.54, 1.807) is 0 Å². The molecular formula is C29H33F5N6O2. The van der Waals surface area contributed by atoms with E-state index in [0.717, 1.165) is 50.4 Å². The van der Waals surface area contributed by atoms with Gasteiger partial charge in [0.2, 0.25) is 0 Å². The molecule has 1 aromatic carbocycles. The van der Waals surface area contributed by atoms with Gasteiger partial charge < -0.3 is 19.4 Å². The molecule has 8 nitrogen and oxygen atoms in total. The lowest BCUT2D eigenvalue weighted by Crippen LogP contribution is -2.49. The molecule has 0 N–H and O–H groups in total. The Morgan fingerprint density at radius 1 is 1.00 bits per heavy atom. The molecule has 0 radical (unpaired) electrons. The molecule has 0 spiro atoms. The number of hydrogen-bond acceptors (Lipinski definition) is 7. The van der Waals surface area contributed by atoms with Crippen LogP contribution in [0.15, 0.2) is 30.6 Å². The van der Waals surface area contributed by atoms with E-state index in [1.807, 2.05) is 4.90 Å². The van der Waals surface area contributed by atoms with Crippen molar-refractivity contribution in [3.63, 3.8) is 0 Å². The fraction of sp³-hybridized carbons (Fsp3) is 0.552. The fourth-order valence-electron chi connectivity index (χ4n) is 6.93. The van der Waals surface area contributed by atoms with Crippen LogP contribution in [0.2, 0.25) is 0 Å². The molecule has 4 aliphatic heterocycles. The smallest absolute Gasteiger partial charge is 0.421 e. The second-order valence-corrected chi connectivity index (χ2v) is 11.4. The van der Waals surface area contributed by atoms with Crippen LogP contribution in [0.25, 0.3) is 0 Å². The third-order valence-corrected chi connectivity index (χ3v) is 9.02. The summed E-state index contributed by atoms with van der Waals surface area (Å²) in [5.74, 6) is -2.48. The standard InChI is InChI=1S/C29H33F5N6O2/c1-19(30)26(41)38-15-13-37(14-16-38)25-20-7-12-39(23-6-2-5-21(31)24(23)29(32,33)34)17-22(20)35-27(36-25)42-18-28-8-3-10-40(28)11-4-9-28/h2,5-6H,1,3-4,7-18H2. The number of carbonyl (C=O) groups is 1. The molecule has 0 saturated carbocycles. The van der Waals surface area contributed by atoms with Gasteiger partial charge in [0.15, 0.2) is 5.83 Å². The first-order chi connectivity index (χ1) is 20.1. The Kier molecular flexibility index (Phi) is 7.48. The van der Waals surface area contributed by atoms with Gasteiger partial charge in [-0.3, -0.25) is 9.69 Å². The molecule has 6 rings (SSSR count). The summed E-state index contributed by atoms with van der Waals surface area (Å²) in [6, 6.07) is 3.51. The quantitative estimate of drug-likeness (QED) is 0.366. The van der Waals surface area contributed by atoms with Gasteiger partial charge in [0.05, 0.1) is 23.5 Å². The average molecular weight is 593 g/mol. The lowest BCUT2D eigenvalue weighted by Gasteiger charge is -2.38. The van der Waals surface area contributed by atoms with Crippen LogP contribution in [-0.2, 0) is 23.9 Å². The van der Waals surface area contributed by atoms with Crippen LogP contribution in [0.4, 0.5) is 33.5 Å².